The zero-order valence-corrected chi connectivity index (χ0v) is 12.1. The lowest BCUT2D eigenvalue weighted by molar-refractivity contribution is 0.238. The summed E-state index contributed by atoms with van der Waals surface area (Å²) in [5.74, 6) is 0.784. The third kappa shape index (κ3) is 4.67. The van der Waals surface area contributed by atoms with Crippen molar-refractivity contribution in [2.24, 2.45) is 5.92 Å². The van der Waals surface area contributed by atoms with Crippen LogP contribution in [0.5, 0.6) is 0 Å². The Hall–Kier alpha value is -0.340. The Morgan fingerprint density at radius 1 is 1.31 bits per heavy atom. The van der Waals surface area contributed by atoms with Gasteiger partial charge in [-0.05, 0) is 30.2 Å². The summed E-state index contributed by atoms with van der Waals surface area (Å²) in [5, 5.41) is 0. The normalized spacial score (nSPS) is 13.1. The van der Waals surface area contributed by atoms with Crippen molar-refractivity contribution in [1.82, 2.24) is 4.90 Å². The maximum Gasteiger partial charge on any atom is 0.0234 e. The van der Waals surface area contributed by atoms with Crippen LogP contribution >= 0.6 is 15.9 Å². The predicted molar refractivity (Wildman–Crippen MR) is 74.5 cm³/mol. The van der Waals surface area contributed by atoms with Gasteiger partial charge in [0.2, 0.25) is 0 Å². The summed E-state index contributed by atoms with van der Waals surface area (Å²) in [5.41, 5.74) is 1.39. The molecule has 0 fully saturated rings. The second kappa shape index (κ2) is 7.08. The molecule has 90 valence electrons. The van der Waals surface area contributed by atoms with Crippen LogP contribution in [0.2, 0.25) is 0 Å². The van der Waals surface area contributed by atoms with E-state index in [1.807, 2.05) is 0 Å². The zero-order valence-electron chi connectivity index (χ0n) is 10.5. The topological polar surface area (TPSA) is 3.24 Å². The molecule has 0 amide bonds. The molecule has 1 unspecified atom stereocenters. The lowest BCUT2D eigenvalue weighted by Crippen LogP contribution is -2.27. The van der Waals surface area contributed by atoms with Gasteiger partial charge >= 0.3 is 0 Å². The molecule has 1 aromatic carbocycles. The number of benzene rings is 1. The summed E-state index contributed by atoms with van der Waals surface area (Å²) >= 11 is 3.52. The maximum absolute atomic E-state index is 3.52. The van der Waals surface area contributed by atoms with Gasteiger partial charge in [0, 0.05) is 17.6 Å². The highest BCUT2D eigenvalue weighted by Crippen LogP contribution is 2.14. The van der Waals surface area contributed by atoms with Gasteiger partial charge in [0.15, 0.2) is 0 Å². The number of nitrogens with zero attached hydrogens (tertiary/aromatic N) is 1. The van der Waals surface area contributed by atoms with Crippen molar-refractivity contribution < 1.29 is 0 Å². The van der Waals surface area contributed by atoms with Crippen LogP contribution in [0.3, 0.4) is 0 Å². The molecule has 1 nitrogen and oxygen atoms in total. The van der Waals surface area contributed by atoms with E-state index in [0.29, 0.717) is 0 Å². The quantitative estimate of drug-likeness (QED) is 0.752. The van der Waals surface area contributed by atoms with Gasteiger partial charge in [-0.15, -0.1) is 0 Å². The SMILES string of the molecule is CCC(C)CN(CC)Cc1cccc(Br)c1. The molecule has 0 bridgehead atoms. The lowest BCUT2D eigenvalue weighted by Gasteiger charge is -2.23. The van der Waals surface area contributed by atoms with Crippen LogP contribution in [0, 0.1) is 5.92 Å². The molecule has 0 heterocycles. The van der Waals surface area contributed by atoms with Crippen LogP contribution in [0.4, 0.5) is 0 Å². The van der Waals surface area contributed by atoms with Gasteiger partial charge < -0.3 is 0 Å². The molecule has 0 aromatic heterocycles. The molecule has 0 aliphatic heterocycles. The molecule has 0 aliphatic carbocycles. The standard InChI is InChI=1S/C14H22BrN/c1-4-12(3)10-16(5-2)11-13-7-6-8-14(15)9-13/h6-9,12H,4-5,10-11H2,1-3H3. The Balaban J connectivity index is 2.56. The van der Waals surface area contributed by atoms with Crippen LogP contribution in [-0.2, 0) is 6.54 Å². The van der Waals surface area contributed by atoms with Crippen LogP contribution in [-0.4, -0.2) is 18.0 Å². The fourth-order valence-corrected chi connectivity index (χ4v) is 2.22. The average Bonchev–Trinajstić information content (AvgIpc) is 2.28. The molecule has 0 spiro atoms. The van der Waals surface area contributed by atoms with E-state index >= 15 is 0 Å². The molecule has 0 saturated heterocycles. The van der Waals surface area contributed by atoms with Crippen LogP contribution < -0.4 is 0 Å². The van der Waals surface area contributed by atoms with E-state index < -0.39 is 0 Å². The summed E-state index contributed by atoms with van der Waals surface area (Å²) in [7, 11) is 0. The fraction of sp³-hybridized carbons (Fsp3) is 0.571. The minimum absolute atomic E-state index is 0.784. The molecular weight excluding hydrogens is 262 g/mol. The Morgan fingerprint density at radius 2 is 2.06 bits per heavy atom. The largest absolute Gasteiger partial charge is 0.299 e. The highest BCUT2D eigenvalue weighted by atomic mass is 79.9. The van der Waals surface area contributed by atoms with Crippen molar-refractivity contribution in [2.45, 2.75) is 33.7 Å². The Labute approximate surface area is 108 Å². The number of rotatable bonds is 6. The summed E-state index contributed by atoms with van der Waals surface area (Å²) in [6.45, 7) is 10.2. The van der Waals surface area contributed by atoms with Crippen molar-refractivity contribution in [2.75, 3.05) is 13.1 Å². The molecule has 0 aliphatic rings. The smallest absolute Gasteiger partial charge is 0.0234 e. The predicted octanol–water partition coefficient (Wildman–Crippen LogP) is 4.32. The first-order chi connectivity index (χ1) is 7.65. The van der Waals surface area contributed by atoms with Gasteiger partial charge in [-0.2, -0.15) is 0 Å². The van der Waals surface area contributed by atoms with Crippen molar-refractivity contribution >= 4 is 15.9 Å². The molecular formula is C14H22BrN. The second-order valence-corrected chi connectivity index (χ2v) is 5.39. The third-order valence-corrected chi connectivity index (χ3v) is 3.50. The second-order valence-electron chi connectivity index (χ2n) is 4.47. The molecule has 0 radical (unpaired) electrons. The number of hydrogen-bond donors (Lipinski definition) is 0. The van der Waals surface area contributed by atoms with Crippen molar-refractivity contribution in [1.29, 1.82) is 0 Å². The molecule has 2 heteroatoms. The van der Waals surface area contributed by atoms with Gasteiger partial charge in [0.1, 0.15) is 0 Å². The molecule has 16 heavy (non-hydrogen) atoms. The monoisotopic (exact) mass is 283 g/mol. The zero-order chi connectivity index (χ0) is 12.0. The molecule has 0 saturated carbocycles. The summed E-state index contributed by atoms with van der Waals surface area (Å²) in [4.78, 5) is 2.51. The summed E-state index contributed by atoms with van der Waals surface area (Å²) in [6, 6.07) is 8.59. The van der Waals surface area contributed by atoms with E-state index in [2.05, 4.69) is 65.9 Å². The Bertz CT molecular complexity index is 311. The van der Waals surface area contributed by atoms with Crippen molar-refractivity contribution in [3.8, 4) is 0 Å². The van der Waals surface area contributed by atoms with Gasteiger partial charge in [-0.3, -0.25) is 4.90 Å². The average molecular weight is 284 g/mol. The van der Waals surface area contributed by atoms with Crippen molar-refractivity contribution in [3.63, 3.8) is 0 Å². The fourth-order valence-electron chi connectivity index (χ4n) is 1.77. The minimum Gasteiger partial charge on any atom is -0.299 e. The molecule has 0 N–H and O–H groups in total. The van der Waals surface area contributed by atoms with E-state index in [1.54, 1.807) is 0 Å². The third-order valence-electron chi connectivity index (χ3n) is 3.01. The highest BCUT2D eigenvalue weighted by molar-refractivity contribution is 9.10. The summed E-state index contributed by atoms with van der Waals surface area (Å²) in [6.07, 6.45) is 1.26. The molecule has 1 atom stereocenters. The van der Waals surface area contributed by atoms with Gasteiger partial charge in [0.25, 0.3) is 0 Å². The Kier molecular flexibility index (Phi) is 6.07. The van der Waals surface area contributed by atoms with Gasteiger partial charge in [0.05, 0.1) is 0 Å². The first-order valence-electron chi connectivity index (χ1n) is 6.12. The van der Waals surface area contributed by atoms with Crippen LogP contribution in [0.25, 0.3) is 0 Å². The Morgan fingerprint density at radius 3 is 2.62 bits per heavy atom. The lowest BCUT2D eigenvalue weighted by atomic mass is 10.1. The van der Waals surface area contributed by atoms with E-state index in [0.717, 1.165) is 19.0 Å². The number of halogens is 1. The molecule has 1 aromatic rings. The van der Waals surface area contributed by atoms with Crippen LogP contribution in [0.15, 0.2) is 28.7 Å². The van der Waals surface area contributed by atoms with E-state index in [9.17, 15) is 0 Å². The minimum atomic E-state index is 0.784. The van der Waals surface area contributed by atoms with E-state index in [4.69, 9.17) is 0 Å². The van der Waals surface area contributed by atoms with E-state index in [1.165, 1.54) is 23.0 Å². The van der Waals surface area contributed by atoms with Crippen LogP contribution in [0.1, 0.15) is 32.8 Å². The van der Waals surface area contributed by atoms with Gasteiger partial charge in [-0.1, -0.05) is 55.3 Å². The highest BCUT2D eigenvalue weighted by Gasteiger charge is 2.07. The van der Waals surface area contributed by atoms with Crippen molar-refractivity contribution in [3.05, 3.63) is 34.3 Å². The molecule has 1 rings (SSSR count). The first kappa shape index (κ1) is 13.7. The first-order valence-corrected chi connectivity index (χ1v) is 6.91. The summed E-state index contributed by atoms with van der Waals surface area (Å²) < 4.78 is 1.17. The maximum atomic E-state index is 3.52. The van der Waals surface area contributed by atoms with E-state index in [-0.39, 0.29) is 0 Å². The van der Waals surface area contributed by atoms with Gasteiger partial charge in [-0.25, -0.2) is 0 Å². The number of hydrogen-bond acceptors (Lipinski definition) is 1.